The van der Waals surface area contributed by atoms with E-state index in [4.69, 9.17) is 11.5 Å². The summed E-state index contributed by atoms with van der Waals surface area (Å²) in [5.41, 5.74) is 11.9. The van der Waals surface area contributed by atoms with Gasteiger partial charge in [-0.2, -0.15) is 0 Å². The van der Waals surface area contributed by atoms with E-state index in [1.165, 1.54) is 12.2 Å². The second-order valence-corrected chi connectivity index (χ2v) is 3.10. The maximum absolute atomic E-state index is 11.1. The molecule has 13 heavy (non-hydrogen) atoms. The van der Waals surface area contributed by atoms with Crippen molar-refractivity contribution in [3.63, 3.8) is 0 Å². The largest absolute Gasteiger partial charge is 0.323 e. The highest BCUT2D eigenvalue weighted by atomic mass is 16.2. The third-order valence-electron chi connectivity index (χ3n) is 2.17. The molecule has 0 aromatic rings. The Bertz CT molecular complexity index is 322. The third-order valence-corrected chi connectivity index (χ3v) is 2.17. The molecule has 0 aromatic carbocycles. The summed E-state index contributed by atoms with van der Waals surface area (Å²) in [5.74, 6) is -0.780. The topological polar surface area (TPSA) is 98.2 Å². The fourth-order valence-corrected chi connectivity index (χ4v) is 1.42. The molecule has 1 heterocycles. The molecule has 0 aromatic heterocycles. The van der Waals surface area contributed by atoms with E-state index in [1.54, 1.807) is 0 Å². The van der Waals surface area contributed by atoms with Crippen LogP contribution in [0.4, 0.5) is 0 Å². The Hall–Kier alpha value is -1.46. The predicted molar refractivity (Wildman–Crippen MR) is 45.3 cm³/mol. The van der Waals surface area contributed by atoms with Gasteiger partial charge in [0.2, 0.25) is 0 Å². The Morgan fingerprint density at radius 3 is 1.77 bits per heavy atom. The molecule has 2 rings (SSSR count). The van der Waals surface area contributed by atoms with Crippen molar-refractivity contribution in [2.24, 2.45) is 11.5 Å². The summed E-state index contributed by atoms with van der Waals surface area (Å²) in [4.78, 5) is 22.3. The average Bonchev–Trinajstić information content (AvgIpc) is 2.31. The van der Waals surface area contributed by atoms with Gasteiger partial charge in [-0.3, -0.25) is 14.9 Å². The maximum atomic E-state index is 11.1. The summed E-state index contributed by atoms with van der Waals surface area (Å²) >= 11 is 0. The summed E-state index contributed by atoms with van der Waals surface area (Å²) < 4.78 is 0. The minimum absolute atomic E-state index is 0.346. The van der Waals surface area contributed by atoms with Gasteiger partial charge < -0.3 is 11.5 Å². The Balaban J connectivity index is 2.47. The Morgan fingerprint density at radius 2 is 1.38 bits per heavy atom. The first-order valence-electron chi connectivity index (χ1n) is 3.90. The van der Waals surface area contributed by atoms with Gasteiger partial charge in [0.15, 0.2) is 0 Å². The molecule has 68 valence electrons. The number of amides is 2. The highest BCUT2D eigenvalue weighted by molar-refractivity contribution is 6.24. The lowest BCUT2D eigenvalue weighted by molar-refractivity contribution is -0.123. The molecule has 1 aliphatic carbocycles. The number of hydrogen-bond donors (Lipinski definition) is 3. The summed E-state index contributed by atoms with van der Waals surface area (Å²) in [6.45, 7) is 0. The van der Waals surface area contributed by atoms with Crippen molar-refractivity contribution in [1.29, 1.82) is 0 Å². The van der Waals surface area contributed by atoms with Crippen LogP contribution in [0.3, 0.4) is 0 Å². The van der Waals surface area contributed by atoms with Crippen LogP contribution in [0, 0.1) is 0 Å². The zero-order chi connectivity index (χ0) is 9.59. The third kappa shape index (κ3) is 1.09. The average molecular weight is 179 g/mol. The number of nitrogens with two attached hydrogens (primary N) is 2. The van der Waals surface area contributed by atoms with E-state index in [0.717, 1.165) is 0 Å². The van der Waals surface area contributed by atoms with Crippen molar-refractivity contribution >= 4 is 11.8 Å². The van der Waals surface area contributed by atoms with Gasteiger partial charge in [0.25, 0.3) is 11.8 Å². The van der Waals surface area contributed by atoms with Crippen LogP contribution in [-0.2, 0) is 9.59 Å². The maximum Gasteiger partial charge on any atom is 0.258 e. The van der Waals surface area contributed by atoms with Gasteiger partial charge >= 0.3 is 0 Å². The van der Waals surface area contributed by atoms with Gasteiger partial charge in [-0.15, -0.1) is 0 Å². The van der Waals surface area contributed by atoms with Crippen LogP contribution in [0.5, 0.6) is 0 Å². The Kier molecular flexibility index (Phi) is 1.58. The van der Waals surface area contributed by atoms with Gasteiger partial charge in [-0.05, 0) is 0 Å². The van der Waals surface area contributed by atoms with Crippen molar-refractivity contribution in [2.45, 2.75) is 12.1 Å². The fraction of sp³-hybridized carbons (Fsp3) is 0.250. The molecular weight excluding hydrogens is 170 g/mol. The molecule has 2 amide bonds. The molecule has 5 N–H and O–H groups in total. The second-order valence-electron chi connectivity index (χ2n) is 3.10. The summed E-state index contributed by atoms with van der Waals surface area (Å²) in [5, 5.41) is 2.17. The van der Waals surface area contributed by atoms with Crippen LogP contribution in [-0.4, -0.2) is 23.9 Å². The van der Waals surface area contributed by atoms with E-state index in [9.17, 15) is 9.59 Å². The number of carbonyl (C=O) groups excluding carboxylic acids is 2. The van der Waals surface area contributed by atoms with Crippen molar-refractivity contribution in [1.82, 2.24) is 5.32 Å². The van der Waals surface area contributed by atoms with Crippen molar-refractivity contribution in [3.8, 4) is 0 Å². The van der Waals surface area contributed by atoms with E-state index >= 15 is 0 Å². The number of nitrogens with one attached hydrogen (secondary N) is 1. The molecule has 0 saturated carbocycles. The second kappa shape index (κ2) is 2.51. The van der Waals surface area contributed by atoms with Crippen LogP contribution in [0.15, 0.2) is 23.3 Å². The van der Waals surface area contributed by atoms with E-state index in [0.29, 0.717) is 11.1 Å². The minimum atomic E-state index is -0.393. The van der Waals surface area contributed by atoms with E-state index in [2.05, 4.69) is 5.32 Å². The standard InChI is InChI=1S/C8H9N3O2/c9-5-1-3-4(2-6(5)10)8(13)11-7(3)12/h1-2,5-6H,9-10H2,(H,11,12,13). The molecular formula is C8H9N3O2. The fourth-order valence-electron chi connectivity index (χ4n) is 1.42. The lowest BCUT2D eigenvalue weighted by Crippen LogP contribution is -2.41. The zero-order valence-electron chi connectivity index (χ0n) is 6.78. The number of rotatable bonds is 0. The molecule has 5 heteroatoms. The van der Waals surface area contributed by atoms with Crippen LogP contribution >= 0.6 is 0 Å². The van der Waals surface area contributed by atoms with Gasteiger partial charge in [0.05, 0.1) is 0 Å². The van der Waals surface area contributed by atoms with Gasteiger partial charge in [0, 0.05) is 23.2 Å². The summed E-state index contributed by atoms with van der Waals surface area (Å²) in [7, 11) is 0. The monoisotopic (exact) mass is 179 g/mol. The SMILES string of the molecule is NC1C=C2C(=O)NC(=O)C2=CC1N. The van der Waals surface area contributed by atoms with Crippen LogP contribution < -0.4 is 16.8 Å². The quantitative estimate of drug-likeness (QED) is 0.381. The summed E-state index contributed by atoms with van der Waals surface area (Å²) in [6, 6.07) is -0.786. The highest BCUT2D eigenvalue weighted by Gasteiger charge is 2.34. The molecule has 1 fully saturated rings. The predicted octanol–water partition coefficient (Wildman–Crippen LogP) is -1.84. The molecule has 0 spiro atoms. The normalized spacial score (nSPS) is 32.2. The van der Waals surface area contributed by atoms with Crippen molar-refractivity contribution < 1.29 is 9.59 Å². The molecule has 0 bridgehead atoms. The van der Waals surface area contributed by atoms with Gasteiger partial charge in [-0.1, -0.05) is 12.2 Å². The van der Waals surface area contributed by atoms with E-state index in [1.807, 2.05) is 0 Å². The van der Waals surface area contributed by atoms with Crippen LogP contribution in [0.2, 0.25) is 0 Å². The summed E-state index contributed by atoms with van der Waals surface area (Å²) in [6.07, 6.45) is 3.06. The number of fused-ring (bicyclic) bond motifs is 1. The first-order chi connectivity index (χ1) is 6.09. The van der Waals surface area contributed by atoms with Gasteiger partial charge in [-0.25, -0.2) is 0 Å². The molecule has 2 unspecified atom stereocenters. The van der Waals surface area contributed by atoms with Crippen molar-refractivity contribution in [3.05, 3.63) is 23.3 Å². The molecule has 1 aliphatic heterocycles. The smallest absolute Gasteiger partial charge is 0.258 e. The minimum Gasteiger partial charge on any atom is -0.323 e. The number of hydrogen-bond acceptors (Lipinski definition) is 4. The number of carbonyl (C=O) groups is 2. The lowest BCUT2D eigenvalue weighted by atomic mass is 9.94. The molecule has 1 saturated heterocycles. The molecule has 5 nitrogen and oxygen atoms in total. The molecule has 0 radical (unpaired) electrons. The first-order valence-corrected chi connectivity index (χ1v) is 3.90. The zero-order valence-corrected chi connectivity index (χ0v) is 6.78. The first kappa shape index (κ1) is 8.15. The van der Waals surface area contributed by atoms with E-state index < -0.39 is 23.9 Å². The van der Waals surface area contributed by atoms with Crippen LogP contribution in [0.25, 0.3) is 0 Å². The molecule has 2 aliphatic rings. The highest BCUT2D eigenvalue weighted by Crippen LogP contribution is 2.22. The lowest BCUT2D eigenvalue weighted by Gasteiger charge is -2.18. The molecule has 2 atom stereocenters. The Labute approximate surface area is 74.5 Å². The van der Waals surface area contributed by atoms with Crippen LogP contribution in [0.1, 0.15) is 0 Å². The van der Waals surface area contributed by atoms with E-state index in [-0.39, 0.29) is 0 Å². The Morgan fingerprint density at radius 1 is 1.00 bits per heavy atom. The number of imide groups is 1. The van der Waals surface area contributed by atoms with Gasteiger partial charge in [0.1, 0.15) is 0 Å². The van der Waals surface area contributed by atoms with Crippen molar-refractivity contribution in [2.75, 3.05) is 0 Å².